The maximum absolute atomic E-state index is 10.5. The lowest BCUT2D eigenvalue weighted by molar-refractivity contribution is 0.0691. The van der Waals surface area contributed by atoms with E-state index >= 15 is 0 Å². The van der Waals surface area contributed by atoms with Crippen molar-refractivity contribution in [2.24, 2.45) is 0 Å². The van der Waals surface area contributed by atoms with Crippen LogP contribution in [0.2, 0.25) is 0 Å². The highest BCUT2D eigenvalue weighted by atomic mass is 32.1. The number of aromatic carboxylic acids is 1. The van der Waals surface area contributed by atoms with Crippen LogP contribution in [0.5, 0.6) is 0 Å². The van der Waals surface area contributed by atoms with E-state index in [4.69, 9.17) is 5.11 Å². The van der Waals surface area contributed by atoms with Crippen LogP contribution in [-0.4, -0.2) is 16.1 Å². The highest BCUT2D eigenvalue weighted by Crippen LogP contribution is 2.25. The van der Waals surface area contributed by atoms with Crippen molar-refractivity contribution in [3.8, 4) is 10.6 Å². The van der Waals surface area contributed by atoms with Crippen molar-refractivity contribution in [3.63, 3.8) is 0 Å². The van der Waals surface area contributed by atoms with E-state index < -0.39 is 5.97 Å². The van der Waals surface area contributed by atoms with Gasteiger partial charge >= 0.3 is 5.97 Å². The summed E-state index contributed by atoms with van der Waals surface area (Å²) in [4.78, 5) is 14.5. The lowest BCUT2D eigenvalue weighted by Gasteiger charge is -1.86. The van der Waals surface area contributed by atoms with Gasteiger partial charge in [0.25, 0.3) is 0 Å². The first-order valence-corrected chi connectivity index (χ1v) is 5.31. The highest BCUT2D eigenvalue weighted by Gasteiger charge is 2.09. The number of carboxylic acids is 1. The molecule has 0 aliphatic rings. The zero-order valence-corrected chi connectivity index (χ0v) is 8.06. The SMILES string of the molecule is O=C(O)c1csc(-c2ccsc2)n1. The molecular weight excluding hydrogens is 206 g/mol. The molecule has 66 valence electrons. The van der Waals surface area contributed by atoms with Crippen molar-refractivity contribution in [1.29, 1.82) is 0 Å². The largest absolute Gasteiger partial charge is 0.476 e. The first-order chi connectivity index (χ1) is 6.27. The standard InChI is InChI=1S/C8H5NO2S2/c10-8(11)6-4-13-7(9-6)5-1-2-12-3-5/h1-4H,(H,10,11). The second-order valence-corrected chi connectivity index (χ2v) is 3.99. The van der Waals surface area contributed by atoms with E-state index in [1.807, 2.05) is 16.8 Å². The second kappa shape index (κ2) is 3.27. The molecule has 0 fully saturated rings. The van der Waals surface area contributed by atoms with Crippen LogP contribution in [0.3, 0.4) is 0 Å². The van der Waals surface area contributed by atoms with E-state index in [-0.39, 0.29) is 5.69 Å². The lowest BCUT2D eigenvalue weighted by Crippen LogP contribution is -1.95. The van der Waals surface area contributed by atoms with Crippen LogP contribution in [0.4, 0.5) is 0 Å². The predicted octanol–water partition coefficient (Wildman–Crippen LogP) is 2.57. The van der Waals surface area contributed by atoms with Gasteiger partial charge in [0, 0.05) is 16.3 Å². The van der Waals surface area contributed by atoms with Gasteiger partial charge in [-0.05, 0) is 11.4 Å². The molecule has 0 spiro atoms. The van der Waals surface area contributed by atoms with Gasteiger partial charge in [-0.3, -0.25) is 0 Å². The molecule has 0 aromatic carbocycles. The summed E-state index contributed by atoms with van der Waals surface area (Å²) in [5, 5.41) is 14.8. The Kier molecular flexibility index (Phi) is 2.12. The molecule has 1 N–H and O–H groups in total. The Balaban J connectivity index is 2.39. The monoisotopic (exact) mass is 211 g/mol. The van der Waals surface area contributed by atoms with Crippen molar-refractivity contribution in [1.82, 2.24) is 4.98 Å². The molecule has 0 radical (unpaired) electrons. The van der Waals surface area contributed by atoms with Gasteiger partial charge in [0.05, 0.1) is 0 Å². The molecular formula is C8H5NO2S2. The van der Waals surface area contributed by atoms with Crippen molar-refractivity contribution in [2.75, 3.05) is 0 Å². The third kappa shape index (κ3) is 1.61. The minimum absolute atomic E-state index is 0.117. The molecule has 0 aliphatic carbocycles. The van der Waals surface area contributed by atoms with Crippen LogP contribution >= 0.6 is 22.7 Å². The Hall–Kier alpha value is -1.20. The Bertz CT molecular complexity index is 419. The van der Waals surface area contributed by atoms with Crippen LogP contribution in [0.1, 0.15) is 10.5 Å². The molecule has 2 heterocycles. The van der Waals surface area contributed by atoms with Crippen molar-refractivity contribution >= 4 is 28.6 Å². The second-order valence-electron chi connectivity index (χ2n) is 2.36. The van der Waals surface area contributed by atoms with Gasteiger partial charge in [-0.2, -0.15) is 11.3 Å². The molecule has 0 unspecified atom stereocenters. The average molecular weight is 211 g/mol. The minimum atomic E-state index is -0.974. The molecule has 2 aromatic rings. The maximum atomic E-state index is 10.5. The number of rotatable bonds is 2. The summed E-state index contributed by atoms with van der Waals surface area (Å²) >= 11 is 2.92. The van der Waals surface area contributed by atoms with Crippen molar-refractivity contribution < 1.29 is 9.90 Å². The molecule has 2 aromatic heterocycles. The van der Waals surface area contributed by atoms with Gasteiger partial charge in [-0.15, -0.1) is 11.3 Å². The summed E-state index contributed by atoms with van der Waals surface area (Å²) in [6, 6.07) is 1.93. The average Bonchev–Trinajstić information content (AvgIpc) is 2.75. The topological polar surface area (TPSA) is 50.2 Å². The minimum Gasteiger partial charge on any atom is -0.476 e. The van der Waals surface area contributed by atoms with Crippen LogP contribution < -0.4 is 0 Å². The van der Waals surface area contributed by atoms with Crippen LogP contribution in [0.25, 0.3) is 10.6 Å². The van der Waals surface area contributed by atoms with Gasteiger partial charge in [0.15, 0.2) is 5.69 Å². The number of thiazole rings is 1. The highest BCUT2D eigenvalue weighted by molar-refractivity contribution is 7.14. The van der Waals surface area contributed by atoms with E-state index in [1.165, 1.54) is 11.3 Å². The number of aromatic nitrogens is 1. The zero-order chi connectivity index (χ0) is 9.26. The number of hydrogen-bond acceptors (Lipinski definition) is 4. The third-order valence-electron chi connectivity index (χ3n) is 1.49. The van der Waals surface area contributed by atoms with Crippen LogP contribution in [-0.2, 0) is 0 Å². The summed E-state index contributed by atoms with van der Waals surface area (Å²) < 4.78 is 0. The number of hydrogen-bond donors (Lipinski definition) is 1. The molecule has 0 bridgehead atoms. The molecule has 0 amide bonds. The molecule has 2 rings (SSSR count). The van der Waals surface area contributed by atoms with Crippen LogP contribution in [0.15, 0.2) is 22.2 Å². The predicted molar refractivity (Wildman–Crippen MR) is 52.4 cm³/mol. The number of carbonyl (C=O) groups is 1. The third-order valence-corrected chi connectivity index (χ3v) is 3.07. The summed E-state index contributed by atoms with van der Waals surface area (Å²) in [5.41, 5.74) is 1.11. The summed E-state index contributed by atoms with van der Waals surface area (Å²) in [5.74, 6) is -0.974. The normalized spacial score (nSPS) is 10.2. The van der Waals surface area contributed by atoms with E-state index in [1.54, 1.807) is 16.7 Å². The van der Waals surface area contributed by atoms with E-state index in [0.717, 1.165) is 10.6 Å². The van der Waals surface area contributed by atoms with Gasteiger partial charge in [0.2, 0.25) is 0 Å². The van der Waals surface area contributed by atoms with E-state index in [2.05, 4.69) is 4.98 Å². The Labute approximate surface area is 82.3 Å². The molecule has 3 nitrogen and oxygen atoms in total. The number of thiophene rings is 1. The fourth-order valence-corrected chi connectivity index (χ4v) is 2.40. The summed E-state index contributed by atoms with van der Waals surface area (Å²) in [6.07, 6.45) is 0. The van der Waals surface area contributed by atoms with Crippen LogP contribution in [0, 0.1) is 0 Å². The summed E-state index contributed by atoms with van der Waals surface area (Å²) in [6.45, 7) is 0. The maximum Gasteiger partial charge on any atom is 0.355 e. The molecule has 13 heavy (non-hydrogen) atoms. The first kappa shape index (κ1) is 8.40. The number of carboxylic acid groups (broad SMARTS) is 1. The van der Waals surface area contributed by atoms with Gasteiger partial charge in [0.1, 0.15) is 5.01 Å². The fourth-order valence-electron chi connectivity index (χ4n) is 0.891. The van der Waals surface area contributed by atoms with Crippen molar-refractivity contribution in [3.05, 3.63) is 27.9 Å². The fraction of sp³-hybridized carbons (Fsp3) is 0. The quantitative estimate of drug-likeness (QED) is 0.830. The van der Waals surface area contributed by atoms with E-state index in [0.29, 0.717) is 0 Å². The van der Waals surface area contributed by atoms with Gasteiger partial charge in [-0.25, -0.2) is 9.78 Å². The van der Waals surface area contributed by atoms with Crippen molar-refractivity contribution in [2.45, 2.75) is 0 Å². The summed E-state index contributed by atoms with van der Waals surface area (Å²) in [7, 11) is 0. The Morgan fingerprint density at radius 1 is 1.46 bits per heavy atom. The molecule has 5 heteroatoms. The van der Waals surface area contributed by atoms with Gasteiger partial charge in [-0.1, -0.05) is 0 Å². The van der Waals surface area contributed by atoms with Gasteiger partial charge < -0.3 is 5.11 Å². The first-order valence-electron chi connectivity index (χ1n) is 3.49. The lowest BCUT2D eigenvalue weighted by atomic mass is 10.4. The number of nitrogens with zero attached hydrogens (tertiary/aromatic N) is 1. The Morgan fingerprint density at radius 2 is 2.31 bits per heavy atom. The molecule has 0 saturated carbocycles. The zero-order valence-electron chi connectivity index (χ0n) is 6.43. The molecule has 0 aliphatic heterocycles. The smallest absolute Gasteiger partial charge is 0.355 e. The molecule has 0 saturated heterocycles. The Morgan fingerprint density at radius 3 is 2.85 bits per heavy atom. The molecule has 0 atom stereocenters. The van der Waals surface area contributed by atoms with E-state index in [9.17, 15) is 4.79 Å².